The van der Waals surface area contributed by atoms with E-state index in [4.69, 9.17) is 9.47 Å². The molecule has 34 heavy (non-hydrogen) atoms. The van der Waals surface area contributed by atoms with Crippen LogP contribution in [0.5, 0.6) is 11.5 Å². The van der Waals surface area contributed by atoms with Gasteiger partial charge in [-0.3, -0.25) is 9.69 Å². The molecular weight excluding hydrogens is 447 g/mol. The van der Waals surface area contributed by atoms with E-state index in [9.17, 15) is 18.0 Å². The van der Waals surface area contributed by atoms with Gasteiger partial charge in [0.2, 0.25) is 0 Å². The minimum atomic E-state index is -4.42. The number of ether oxygens (including phenoxy) is 2. The van der Waals surface area contributed by atoms with Gasteiger partial charge in [-0.2, -0.15) is 13.2 Å². The van der Waals surface area contributed by atoms with E-state index in [0.717, 1.165) is 29.2 Å². The maximum Gasteiger partial charge on any atom is 0.416 e. The zero-order valence-electron chi connectivity index (χ0n) is 19.0. The Bertz CT molecular complexity index is 1210. The van der Waals surface area contributed by atoms with Crippen molar-refractivity contribution < 1.29 is 22.6 Å². The minimum Gasteiger partial charge on any atom is -0.494 e. The lowest BCUT2D eigenvalue weighted by Crippen LogP contribution is -2.35. The Kier molecular flexibility index (Phi) is 6.92. The lowest BCUT2D eigenvalue weighted by atomic mass is 10.0. The van der Waals surface area contributed by atoms with Gasteiger partial charge in [0, 0.05) is 42.4 Å². The number of nitrogens with one attached hydrogen (secondary N) is 1. The number of hydrogen-bond donors (Lipinski definition) is 1. The zero-order valence-corrected chi connectivity index (χ0v) is 19.0. The second-order valence-electron chi connectivity index (χ2n) is 8.01. The first kappa shape index (κ1) is 23.8. The molecule has 0 unspecified atom stereocenters. The van der Waals surface area contributed by atoms with E-state index in [1.165, 1.54) is 12.1 Å². The van der Waals surface area contributed by atoms with Gasteiger partial charge in [0.1, 0.15) is 17.3 Å². The highest BCUT2D eigenvalue weighted by atomic mass is 19.4. The molecule has 3 aromatic rings. The van der Waals surface area contributed by atoms with Crippen molar-refractivity contribution in [1.82, 2.24) is 14.9 Å². The molecule has 0 saturated carbocycles. The van der Waals surface area contributed by atoms with E-state index in [-0.39, 0.29) is 11.4 Å². The van der Waals surface area contributed by atoms with Gasteiger partial charge in [-0.15, -0.1) is 0 Å². The molecule has 0 amide bonds. The molecule has 1 N–H and O–H groups in total. The van der Waals surface area contributed by atoms with Crippen molar-refractivity contribution in [2.75, 3.05) is 19.8 Å². The van der Waals surface area contributed by atoms with Crippen LogP contribution in [-0.2, 0) is 25.7 Å². The van der Waals surface area contributed by atoms with Gasteiger partial charge >= 0.3 is 6.18 Å². The van der Waals surface area contributed by atoms with Gasteiger partial charge in [0.25, 0.3) is 5.56 Å². The third-order valence-electron chi connectivity index (χ3n) is 5.68. The highest BCUT2D eigenvalue weighted by molar-refractivity contribution is 5.56. The number of aromatic nitrogens is 2. The predicted octanol–water partition coefficient (Wildman–Crippen LogP) is 4.81. The number of alkyl halides is 3. The predicted molar refractivity (Wildman–Crippen MR) is 122 cm³/mol. The summed E-state index contributed by atoms with van der Waals surface area (Å²) in [5.74, 6) is 1.76. The standard InChI is InChI=1S/C25H26F3N3O3/c1-3-33-19-10-7-17(22(13-19)34-4-2)14-31-12-11-20-21(15-31)29-23(30-24(20)32)16-5-8-18(9-6-16)25(26,27)28/h5-10,13H,3-4,11-12,14-15H2,1-2H3,(H,29,30,32). The molecule has 0 aliphatic carbocycles. The molecule has 6 nitrogen and oxygen atoms in total. The summed E-state index contributed by atoms with van der Waals surface area (Å²) >= 11 is 0. The molecule has 2 heterocycles. The van der Waals surface area contributed by atoms with Gasteiger partial charge in [0.15, 0.2) is 0 Å². The van der Waals surface area contributed by atoms with E-state index in [2.05, 4.69) is 14.9 Å². The third kappa shape index (κ3) is 5.25. The van der Waals surface area contributed by atoms with Gasteiger partial charge in [-0.05, 0) is 38.5 Å². The normalized spacial score (nSPS) is 14.0. The summed E-state index contributed by atoms with van der Waals surface area (Å²) in [6, 6.07) is 10.4. The SMILES string of the molecule is CCOc1ccc(CN2CCc3c(nc(-c4ccc(C(F)(F)F)cc4)[nH]c3=O)C2)c(OCC)c1. The van der Waals surface area contributed by atoms with Crippen molar-refractivity contribution in [3.05, 3.63) is 75.2 Å². The number of aromatic amines is 1. The number of benzene rings is 2. The number of nitrogens with zero attached hydrogens (tertiary/aromatic N) is 2. The topological polar surface area (TPSA) is 67.5 Å². The molecule has 0 bridgehead atoms. The van der Waals surface area contributed by atoms with Gasteiger partial charge in [-0.1, -0.05) is 18.2 Å². The molecule has 0 spiro atoms. The van der Waals surface area contributed by atoms with Gasteiger partial charge < -0.3 is 14.5 Å². The van der Waals surface area contributed by atoms with Crippen LogP contribution in [0.15, 0.2) is 47.3 Å². The summed E-state index contributed by atoms with van der Waals surface area (Å²) in [5.41, 5.74) is 1.67. The zero-order chi connectivity index (χ0) is 24.3. The van der Waals surface area contributed by atoms with E-state index < -0.39 is 11.7 Å². The number of rotatable bonds is 7. The van der Waals surface area contributed by atoms with E-state index >= 15 is 0 Å². The van der Waals surface area contributed by atoms with Crippen LogP contribution in [0.1, 0.15) is 36.2 Å². The molecule has 0 atom stereocenters. The van der Waals surface area contributed by atoms with Crippen molar-refractivity contribution in [2.45, 2.75) is 39.5 Å². The smallest absolute Gasteiger partial charge is 0.416 e. The minimum absolute atomic E-state index is 0.254. The molecule has 1 aliphatic rings. The van der Waals surface area contributed by atoms with E-state index in [1.54, 1.807) is 0 Å². The Morgan fingerprint density at radius 2 is 1.79 bits per heavy atom. The lowest BCUT2D eigenvalue weighted by Gasteiger charge is -2.28. The number of halogens is 3. The van der Waals surface area contributed by atoms with Crippen molar-refractivity contribution in [2.24, 2.45) is 0 Å². The molecule has 0 fully saturated rings. The number of fused-ring (bicyclic) bond motifs is 1. The molecule has 2 aromatic carbocycles. The third-order valence-corrected chi connectivity index (χ3v) is 5.68. The first-order valence-electron chi connectivity index (χ1n) is 11.2. The Labute approximate surface area is 195 Å². The second-order valence-corrected chi connectivity index (χ2v) is 8.01. The van der Waals surface area contributed by atoms with Crippen molar-refractivity contribution in [3.8, 4) is 22.9 Å². The van der Waals surface area contributed by atoms with Gasteiger partial charge in [-0.25, -0.2) is 4.98 Å². The summed E-state index contributed by atoms with van der Waals surface area (Å²) in [5, 5.41) is 0. The first-order valence-corrected chi connectivity index (χ1v) is 11.2. The Balaban J connectivity index is 1.56. The fourth-order valence-corrected chi connectivity index (χ4v) is 4.04. The average molecular weight is 473 g/mol. The molecule has 0 saturated heterocycles. The highest BCUT2D eigenvalue weighted by Gasteiger charge is 2.30. The maximum absolute atomic E-state index is 12.9. The van der Waals surface area contributed by atoms with Gasteiger partial charge in [0.05, 0.1) is 24.5 Å². The first-order chi connectivity index (χ1) is 16.3. The summed E-state index contributed by atoms with van der Waals surface area (Å²) in [6.45, 7) is 6.67. The van der Waals surface area contributed by atoms with E-state index in [1.807, 2.05) is 32.0 Å². The van der Waals surface area contributed by atoms with Crippen LogP contribution in [0.3, 0.4) is 0 Å². The molecular formula is C25H26F3N3O3. The number of hydrogen-bond acceptors (Lipinski definition) is 5. The van der Waals surface area contributed by atoms with Crippen LogP contribution >= 0.6 is 0 Å². The van der Waals surface area contributed by atoms with Crippen LogP contribution in [0.4, 0.5) is 13.2 Å². The Morgan fingerprint density at radius 3 is 2.47 bits per heavy atom. The van der Waals surface area contributed by atoms with Crippen molar-refractivity contribution >= 4 is 0 Å². The number of H-pyrrole nitrogens is 1. The van der Waals surface area contributed by atoms with Crippen LogP contribution < -0.4 is 15.0 Å². The van der Waals surface area contributed by atoms with Crippen molar-refractivity contribution in [1.29, 1.82) is 0 Å². The highest BCUT2D eigenvalue weighted by Crippen LogP contribution is 2.31. The van der Waals surface area contributed by atoms with Crippen LogP contribution in [0, 0.1) is 0 Å². The Morgan fingerprint density at radius 1 is 1.06 bits per heavy atom. The average Bonchev–Trinajstić information content (AvgIpc) is 2.80. The molecule has 4 rings (SSSR count). The summed E-state index contributed by atoms with van der Waals surface area (Å²) in [6.07, 6.45) is -3.89. The molecule has 1 aromatic heterocycles. The molecule has 1 aliphatic heterocycles. The van der Waals surface area contributed by atoms with Crippen LogP contribution in [0.2, 0.25) is 0 Å². The monoisotopic (exact) mass is 473 g/mol. The fraction of sp³-hybridized carbons (Fsp3) is 0.360. The van der Waals surface area contributed by atoms with E-state index in [0.29, 0.717) is 56.1 Å². The molecule has 180 valence electrons. The van der Waals surface area contributed by atoms with Crippen molar-refractivity contribution in [3.63, 3.8) is 0 Å². The van der Waals surface area contributed by atoms with Crippen LogP contribution in [0.25, 0.3) is 11.4 Å². The summed E-state index contributed by atoms with van der Waals surface area (Å²) < 4.78 is 50.0. The molecule has 9 heteroatoms. The van der Waals surface area contributed by atoms with Crippen LogP contribution in [-0.4, -0.2) is 34.6 Å². The lowest BCUT2D eigenvalue weighted by molar-refractivity contribution is -0.137. The quantitative estimate of drug-likeness (QED) is 0.533. The maximum atomic E-state index is 12.9. The summed E-state index contributed by atoms with van der Waals surface area (Å²) in [7, 11) is 0. The second kappa shape index (κ2) is 9.89. The largest absolute Gasteiger partial charge is 0.494 e. The Hall–Kier alpha value is -3.33. The summed E-state index contributed by atoms with van der Waals surface area (Å²) in [4.78, 5) is 22.1. The molecule has 0 radical (unpaired) electrons. The fourth-order valence-electron chi connectivity index (χ4n) is 4.04.